The van der Waals surface area contributed by atoms with Gasteiger partial charge >= 0.3 is 0 Å². The van der Waals surface area contributed by atoms with Crippen molar-refractivity contribution in [2.24, 2.45) is 0 Å². The normalized spacial score (nSPS) is 11.2. The highest BCUT2D eigenvalue weighted by Gasteiger charge is 2.17. The first-order valence-corrected chi connectivity index (χ1v) is 6.01. The Morgan fingerprint density at radius 2 is 2.00 bits per heavy atom. The van der Waals surface area contributed by atoms with Crippen LogP contribution in [0.5, 0.6) is 0 Å². The minimum Gasteiger partial charge on any atom is -0.207 e. The molecule has 1 aromatic rings. The zero-order chi connectivity index (χ0) is 10.1. The van der Waals surface area contributed by atoms with E-state index in [0.717, 1.165) is 0 Å². The van der Waals surface area contributed by atoms with Crippen LogP contribution in [0.4, 0.5) is 0 Å². The van der Waals surface area contributed by atoms with Crippen molar-refractivity contribution in [2.45, 2.75) is 4.90 Å². The second-order valence-electron chi connectivity index (χ2n) is 2.30. The molecule has 0 fully saturated rings. The number of benzene rings is 1. The molecule has 0 aliphatic heterocycles. The lowest BCUT2D eigenvalue weighted by molar-refractivity contribution is 0.609. The Balaban J connectivity index is 3.59. The van der Waals surface area contributed by atoms with E-state index in [1.807, 2.05) is 0 Å². The van der Waals surface area contributed by atoms with Gasteiger partial charge in [0.1, 0.15) is 4.90 Å². The average molecular weight is 237 g/mol. The van der Waals surface area contributed by atoms with Gasteiger partial charge in [-0.05, 0) is 11.6 Å². The van der Waals surface area contributed by atoms with Gasteiger partial charge in [0.05, 0.1) is 5.02 Å². The number of rotatable bonds is 2. The molecule has 0 N–H and O–H groups in total. The Bertz CT molecular complexity index is 437. The van der Waals surface area contributed by atoms with E-state index in [0.29, 0.717) is 5.56 Å². The molecule has 0 unspecified atom stereocenters. The third kappa shape index (κ3) is 2.24. The van der Waals surface area contributed by atoms with Crippen LogP contribution in [0, 0.1) is 0 Å². The van der Waals surface area contributed by atoms with Crippen LogP contribution in [-0.2, 0) is 9.05 Å². The average Bonchev–Trinajstić information content (AvgIpc) is 2.01. The molecule has 0 aromatic heterocycles. The molecule has 0 heterocycles. The van der Waals surface area contributed by atoms with Crippen molar-refractivity contribution >= 4 is 37.4 Å². The van der Waals surface area contributed by atoms with Crippen LogP contribution in [-0.4, -0.2) is 8.42 Å². The van der Waals surface area contributed by atoms with Crippen LogP contribution in [0.3, 0.4) is 0 Å². The molecule has 0 amide bonds. The summed E-state index contributed by atoms with van der Waals surface area (Å²) in [5.74, 6) is 0. The van der Waals surface area contributed by atoms with E-state index in [1.165, 1.54) is 12.1 Å². The first kappa shape index (κ1) is 10.6. The molecule has 0 radical (unpaired) electrons. The maximum absolute atomic E-state index is 11.1. The largest absolute Gasteiger partial charge is 0.263 e. The quantitative estimate of drug-likeness (QED) is 0.741. The fraction of sp³-hybridized carbons (Fsp3) is 0. The van der Waals surface area contributed by atoms with Crippen molar-refractivity contribution in [1.29, 1.82) is 0 Å². The van der Waals surface area contributed by atoms with E-state index in [1.54, 1.807) is 12.1 Å². The van der Waals surface area contributed by atoms with Crippen molar-refractivity contribution in [3.63, 3.8) is 0 Å². The lowest BCUT2D eigenvalue weighted by atomic mass is 10.2. The topological polar surface area (TPSA) is 34.1 Å². The zero-order valence-electron chi connectivity index (χ0n) is 6.50. The van der Waals surface area contributed by atoms with Crippen molar-refractivity contribution < 1.29 is 8.42 Å². The van der Waals surface area contributed by atoms with Crippen LogP contribution in [0.25, 0.3) is 6.08 Å². The minimum atomic E-state index is -3.81. The molecule has 1 aromatic carbocycles. The first-order valence-electron chi connectivity index (χ1n) is 3.32. The molecule has 0 saturated carbocycles. The number of halogens is 2. The van der Waals surface area contributed by atoms with Gasteiger partial charge in [0.15, 0.2) is 0 Å². The smallest absolute Gasteiger partial charge is 0.207 e. The standard InChI is InChI=1S/C8H6Cl2O2S/c1-2-6-4-3-5-7(9)8(6)13(10,11)12/h2-5H,1H2. The monoisotopic (exact) mass is 236 g/mol. The van der Waals surface area contributed by atoms with Crippen LogP contribution in [0.2, 0.25) is 5.02 Å². The van der Waals surface area contributed by atoms with Crippen LogP contribution in [0.1, 0.15) is 5.56 Å². The van der Waals surface area contributed by atoms with Gasteiger partial charge in [0.2, 0.25) is 0 Å². The van der Waals surface area contributed by atoms with E-state index >= 15 is 0 Å². The van der Waals surface area contributed by atoms with Gasteiger partial charge in [-0.15, -0.1) is 0 Å². The maximum Gasteiger partial charge on any atom is 0.263 e. The van der Waals surface area contributed by atoms with Gasteiger partial charge in [-0.2, -0.15) is 0 Å². The van der Waals surface area contributed by atoms with Gasteiger partial charge < -0.3 is 0 Å². The van der Waals surface area contributed by atoms with Crippen molar-refractivity contribution in [3.8, 4) is 0 Å². The minimum absolute atomic E-state index is 0.0895. The molecule has 13 heavy (non-hydrogen) atoms. The molecular weight excluding hydrogens is 231 g/mol. The second kappa shape index (κ2) is 3.70. The molecule has 1 rings (SSSR count). The lowest BCUT2D eigenvalue weighted by Gasteiger charge is -2.03. The predicted molar refractivity (Wildman–Crippen MR) is 54.6 cm³/mol. The Kier molecular flexibility index (Phi) is 3.01. The summed E-state index contributed by atoms with van der Waals surface area (Å²) in [7, 11) is 1.38. The third-order valence-electron chi connectivity index (χ3n) is 1.46. The van der Waals surface area contributed by atoms with Crippen LogP contribution < -0.4 is 0 Å². The predicted octanol–water partition coefficient (Wildman–Crippen LogP) is 2.91. The van der Waals surface area contributed by atoms with Crippen LogP contribution in [0.15, 0.2) is 29.7 Å². The summed E-state index contributed by atoms with van der Waals surface area (Å²) in [6.45, 7) is 3.46. The van der Waals surface area contributed by atoms with E-state index < -0.39 is 9.05 Å². The molecule has 5 heteroatoms. The van der Waals surface area contributed by atoms with E-state index in [2.05, 4.69) is 6.58 Å². The van der Waals surface area contributed by atoms with Gasteiger partial charge in [-0.3, -0.25) is 0 Å². The number of hydrogen-bond donors (Lipinski definition) is 0. The molecular formula is C8H6Cl2O2S. The third-order valence-corrected chi connectivity index (χ3v) is 3.29. The summed E-state index contributed by atoms with van der Waals surface area (Å²) in [6, 6.07) is 4.67. The SMILES string of the molecule is C=Cc1cccc(Cl)c1S(=O)(=O)Cl. The highest BCUT2D eigenvalue weighted by Crippen LogP contribution is 2.28. The Hall–Kier alpha value is -0.510. The highest BCUT2D eigenvalue weighted by atomic mass is 35.7. The van der Waals surface area contributed by atoms with Gasteiger partial charge in [-0.1, -0.05) is 36.4 Å². The fourth-order valence-electron chi connectivity index (χ4n) is 0.943. The van der Waals surface area contributed by atoms with Crippen molar-refractivity contribution in [1.82, 2.24) is 0 Å². The Morgan fingerprint density at radius 3 is 2.38 bits per heavy atom. The molecule has 0 saturated heterocycles. The maximum atomic E-state index is 11.1. The summed E-state index contributed by atoms with van der Waals surface area (Å²) < 4.78 is 22.1. The summed E-state index contributed by atoms with van der Waals surface area (Å²) in [6.07, 6.45) is 1.39. The van der Waals surface area contributed by atoms with E-state index in [-0.39, 0.29) is 9.92 Å². The zero-order valence-corrected chi connectivity index (χ0v) is 8.83. The summed E-state index contributed by atoms with van der Waals surface area (Å²) >= 11 is 5.68. The van der Waals surface area contributed by atoms with Crippen LogP contribution >= 0.6 is 22.3 Å². The molecule has 0 aliphatic rings. The van der Waals surface area contributed by atoms with Crippen molar-refractivity contribution in [2.75, 3.05) is 0 Å². The molecule has 0 bridgehead atoms. The van der Waals surface area contributed by atoms with Gasteiger partial charge in [-0.25, -0.2) is 8.42 Å². The van der Waals surface area contributed by atoms with E-state index in [9.17, 15) is 8.42 Å². The first-order chi connectivity index (χ1) is 5.96. The second-order valence-corrected chi connectivity index (χ2v) is 5.21. The molecule has 70 valence electrons. The Labute approximate surface area is 86.2 Å². The highest BCUT2D eigenvalue weighted by molar-refractivity contribution is 8.13. The summed E-state index contributed by atoms with van der Waals surface area (Å²) in [5, 5.41) is 0.104. The molecule has 0 spiro atoms. The molecule has 2 nitrogen and oxygen atoms in total. The van der Waals surface area contributed by atoms with Crippen molar-refractivity contribution in [3.05, 3.63) is 35.4 Å². The van der Waals surface area contributed by atoms with Gasteiger partial charge in [0, 0.05) is 10.7 Å². The summed E-state index contributed by atoms with van der Waals surface area (Å²) in [5.41, 5.74) is 0.405. The molecule has 0 atom stereocenters. The molecule has 0 aliphatic carbocycles. The van der Waals surface area contributed by atoms with E-state index in [4.69, 9.17) is 22.3 Å². The lowest BCUT2D eigenvalue weighted by Crippen LogP contribution is -1.95. The number of hydrogen-bond acceptors (Lipinski definition) is 2. The summed E-state index contributed by atoms with van der Waals surface area (Å²) in [4.78, 5) is -0.0895. The Morgan fingerprint density at radius 1 is 1.38 bits per heavy atom. The fourth-order valence-corrected chi connectivity index (χ4v) is 2.80. The van der Waals surface area contributed by atoms with Gasteiger partial charge in [0.25, 0.3) is 9.05 Å².